The van der Waals surface area contributed by atoms with Gasteiger partial charge in [-0.05, 0) is 17.7 Å². The summed E-state index contributed by atoms with van der Waals surface area (Å²) in [6.07, 6.45) is -4.12. The van der Waals surface area contributed by atoms with E-state index in [4.69, 9.17) is 4.74 Å². The van der Waals surface area contributed by atoms with Crippen LogP contribution in [0.5, 0.6) is 0 Å². The van der Waals surface area contributed by atoms with Crippen molar-refractivity contribution in [2.24, 2.45) is 0 Å². The fourth-order valence-electron chi connectivity index (χ4n) is 3.20. The first kappa shape index (κ1) is 25.7. The smallest absolute Gasteiger partial charge is 0.409 e. The number of ether oxygens (including phenoxy) is 1. The first-order valence-electron chi connectivity index (χ1n) is 9.52. The molecule has 3 rings (SSSR count). The molecule has 0 aliphatic carbocycles. The lowest BCUT2D eigenvalue weighted by Gasteiger charge is -2.49. The van der Waals surface area contributed by atoms with Crippen LogP contribution in [-0.2, 0) is 29.9 Å². The number of thioether (sulfide) groups is 1. The van der Waals surface area contributed by atoms with Crippen LogP contribution in [-0.4, -0.2) is 67.0 Å². The number of rotatable bonds is 8. The quantitative estimate of drug-likeness (QED) is 0.159. The second-order valence-electron chi connectivity index (χ2n) is 6.84. The van der Waals surface area contributed by atoms with Gasteiger partial charge in [-0.1, -0.05) is 46.9 Å². The minimum absolute atomic E-state index is 0.00706. The fraction of sp³-hybridized carbons (Fsp3) is 0.350. The number of halogens is 4. The molecule has 1 aromatic rings. The molecular formula is C20H18F3IN2O5S2. The SMILES string of the molecule is O=C(CSc1ccccc1)NC1C(=O)N2C(C(=O)OCCI)=C(C=CC(F)(F)F)CS(=O)[C@H]12. The minimum Gasteiger partial charge on any atom is -0.460 e. The molecule has 7 nitrogen and oxygen atoms in total. The highest BCUT2D eigenvalue weighted by atomic mass is 127. The molecular weight excluding hydrogens is 596 g/mol. The van der Waals surface area contributed by atoms with E-state index in [1.807, 2.05) is 52.9 Å². The van der Waals surface area contributed by atoms with Crippen molar-refractivity contribution < 1.29 is 36.5 Å². The Morgan fingerprint density at radius 1 is 1.30 bits per heavy atom. The monoisotopic (exact) mass is 614 g/mol. The van der Waals surface area contributed by atoms with E-state index in [0.29, 0.717) is 10.5 Å². The van der Waals surface area contributed by atoms with E-state index in [1.54, 1.807) is 0 Å². The molecule has 0 spiro atoms. The van der Waals surface area contributed by atoms with Gasteiger partial charge < -0.3 is 10.1 Å². The number of hydrogen-bond acceptors (Lipinski definition) is 6. The third kappa shape index (κ3) is 6.38. The molecule has 1 aromatic carbocycles. The van der Waals surface area contributed by atoms with E-state index < -0.39 is 46.2 Å². The number of fused-ring (bicyclic) bond motifs is 1. The summed E-state index contributed by atoms with van der Waals surface area (Å²) in [5.41, 5.74) is -0.586. The van der Waals surface area contributed by atoms with Crippen molar-refractivity contribution in [1.29, 1.82) is 0 Å². The maximum atomic E-state index is 12.8. The molecule has 178 valence electrons. The van der Waals surface area contributed by atoms with E-state index >= 15 is 0 Å². The number of benzene rings is 1. The van der Waals surface area contributed by atoms with Gasteiger partial charge in [0.15, 0.2) is 0 Å². The van der Waals surface area contributed by atoms with Gasteiger partial charge in [-0.15, -0.1) is 11.8 Å². The van der Waals surface area contributed by atoms with Crippen molar-refractivity contribution in [3.8, 4) is 0 Å². The molecule has 0 saturated carbocycles. The van der Waals surface area contributed by atoms with E-state index in [9.17, 15) is 31.8 Å². The summed E-state index contributed by atoms with van der Waals surface area (Å²) in [7, 11) is -1.84. The first-order chi connectivity index (χ1) is 15.6. The van der Waals surface area contributed by atoms with Crippen molar-refractivity contribution in [1.82, 2.24) is 10.2 Å². The second kappa shape index (κ2) is 11.0. The highest BCUT2D eigenvalue weighted by molar-refractivity contribution is 14.1. The summed E-state index contributed by atoms with van der Waals surface area (Å²) >= 11 is 3.20. The molecule has 2 aliphatic rings. The van der Waals surface area contributed by atoms with Crippen molar-refractivity contribution in [2.45, 2.75) is 22.5 Å². The van der Waals surface area contributed by atoms with Crippen LogP contribution >= 0.6 is 34.4 Å². The normalized spacial score (nSPS) is 22.7. The van der Waals surface area contributed by atoms with Crippen LogP contribution in [0.3, 0.4) is 0 Å². The van der Waals surface area contributed by atoms with Crippen LogP contribution in [0.4, 0.5) is 13.2 Å². The number of carbonyl (C=O) groups excluding carboxylic acids is 3. The Bertz CT molecular complexity index is 1020. The summed E-state index contributed by atoms with van der Waals surface area (Å²) < 4.78 is 56.2. The Morgan fingerprint density at radius 3 is 2.64 bits per heavy atom. The van der Waals surface area contributed by atoms with E-state index in [1.165, 1.54) is 11.8 Å². The fourth-order valence-corrected chi connectivity index (χ4v) is 5.79. The summed E-state index contributed by atoms with van der Waals surface area (Å²) in [4.78, 5) is 39.4. The molecule has 13 heteroatoms. The largest absolute Gasteiger partial charge is 0.460 e. The Labute approximate surface area is 207 Å². The number of β-lactam (4-membered cyclic amide) rings is 1. The predicted octanol–water partition coefficient (Wildman–Crippen LogP) is 2.54. The van der Waals surface area contributed by atoms with Crippen LogP contribution in [0, 0.1) is 0 Å². The number of alkyl halides is 4. The Kier molecular flexibility index (Phi) is 8.61. The highest BCUT2D eigenvalue weighted by Gasteiger charge is 2.57. The number of allylic oxidation sites excluding steroid dienone is 2. The topological polar surface area (TPSA) is 92.8 Å². The zero-order chi connectivity index (χ0) is 24.2. The number of esters is 1. The maximum Gasteiger partial charge on any atom is 0.409 e. The Hall–Kier alpha value is -1.87. The first-order valence-corrected chi connectivity index (χ1v) is 13.4. The van der Waals surface area contributed by atoms with E-state index in [0.717, 1.165) is 9.80 Å². The van der Waals surface area contributed by atoms with Crippen molar-refractivity contribution >= 4 is 62.9 Å². The number of nitrogens with one attached hydrogen (secondary N) is 1. The number of nitrogens with zero attached hydrogens (tertiary/aromatic N) is 1. The van der Waals surface area contributed by atoms with Gasteiger partial charge in [0.2, 0.25) is 5.91 Å². The molecule has 2 aliphatic heterocycles. The molecule has 1 N–H and O–H groups in total. The van der Waals surface area contributed by atoms with Crippen LogP contribution in [0.25, 0.3) is 0 Å². The zero-order valence-electron chi connectivity index (χ0n) is 16.8. The van der Waals surface area contributed by atoms with E-state index in [-0.39, 0.29) is 35.5 Å². The van der Waals surface area contributed by atoms with Gasteiger partial charge in [0, 0.05) is 15.4 Å². The van der Waals surface area contributed by atoms with Gasteiger partial charge >= 0.3 is 12.1 Å². The van der Waals surface area contributed by atoms with Gasteiger partial charge in [-0.2, -0.15) is 13.2 Å². The molecule has 0 bridgehead atoms. The van der Waals surface area contributed by atoms with Crippen LogP contribution in [0.1, 0.15) is 0 Å². The number of amides is 2. The molecule has 1 fully saturated rings. The molecule has 0 radical (unpaired) electrons. The van der Waals surface area contributed by atoms with Crippen molar-refractivity contribution in [3.05, 3.63) is 53.8 Å². The second-order valence-corrected chi connectivity index (χ2v) is 10.5. The Morgan fingerprint density at radius 2 is 2.00 bits per heavy atom. The molecule has 3 atom stereocenters. The number of carbonyl (C=O) groups is 3. The lowest BCUT2D eigenvalue weighted by Crippen LogP contribution is -2.73. The maximum absolute atomic E-state index is 12.8. The molecule has 33 heavy (non-hydrogen) atoms. The van der Waals surface area contributed by atoms with Gasteiger partial charge in [0.25, 0.3) is 5.91 Å². The number of hydrogen-bond donors (Lipinski definition) is 1. The molecule has 2 unspecified atom stereocenters. The standard InChI is InChI=1S/C20H18F3IN2O5S2/c21-20(22,23)7-6-12-11-33(30)18-15(17(28)26(18)16(12)19(29)31-9-8-24)25-14(27)10-32-13-4-2-1-3-5-13/h1-7,15,18H,8-11H2,(H,25,27)/t15?,18-,33?/m1/s1. The predicted molar refractivity (Wildman–Crippen MR) is 125 cm³/mol. The van der Waals surface area contributed by atoms with Gasteiger partial charge in [-0.25, -0.2) is 4.79 Å². The molecule has 1 saturated heterocycles. The van der Waals surface area contributed by atoms with Crippen molar-refractivity contribution in [2.75, 3.05) is 22.5 Å². The third-order valence-corrected chi connectivity index (χ3v) is 7.63. The van der Waals surface area contributed by atoms with Gasteiger partial charge in [0.1, 0.15) is 23.7 Å². The average molecular weight is 614 g/mol. The summed E-state index contributed by atoms with van der Waals surface area (Å²) in [5.74, 6) is -2.56. The lowest BCUT2D eigenvalue weighted by atomic mass is 10.0. The molecule has 2 amide bonds. The third-order valence-electron chi connectivity index (χ3n) is 4.56. The van der Waals surface area contributed by atoms with Crippen LogP contribution in [0.15, 0.2) is 58.6 Å². The summed E-state index contributed by atoms with van der Waals surface area (Å²) in [6.45, 7) is -0.00812. The van der Waals surface area contributed by atoms with Gasteiger partial charge in [0.05, 0.1) is 22.3 Å². The van der Waals surface area contributed by atoms with Crippen LogP contribution in [0.2, 0.25) is 0 Å². The molecule has 0 aromatic heterocycles. The summed E-state index contributed by atoms with van der Waals surface area (Å²) in [6, 6.07) is 7.95. The summed E-state index contributed by atoms with van der Waals surface area (Å²) in [5, 5.41) is 1.46. The zero-order valence-corrected chi connectivity index (χ0v) is 20.6. The Balaban J connectivity index is 1.77. The van der Waals surface area contributed by atoms with Gasteiger partial charge in [-0.3, -0.25) is 18.7 Å². The highest BCUT2D eigenvalue weighted by Crippen LogP contribution is 2.36. The lowest BCUT2D eigenvalue weighted by molar-refractivity contribution is -0.152. The van der Waals surface area contributed by atoms with Crippen LogP contribution < -0.4 is 5.32 Å². The van der Waals surface area contributed by atoms with Crippen molar-refractivity contribution in [3.63, 3.8) is 0 Å². The minimum atomic E-state index is -4.66. The molecule has 2 heterocycles. The van der Waals surface area contributed by atoms with E-state index in [2.05, 4.69) is 5.32 Å². The average Bonchev–Trinajstić information content (AvgIpc) is 2.78.